The number of nitrogens with one attached hydrogen (secondary N) is 1. The molecule has 0 radical (unpaired) electrons. The van der Waals surface area contributed by atoms with Crippen molar-refractivity contribution >= 4 is 29.4 Å². The van der Waals surface area contributed by atoms with Crippen molar-refractivity contribution in [2.75, 3.05) is 30.3 Å². The Morgan fingerprint density at radius 2 is 2.00 bits per heavy atom. The van der Waals surface area contributed by atoms with Gasteiger partial charge in [-0.05, 0) is 55.2 Å². The number of aromatic nitrogens is 2. The van der Waals surface area contributed by atoms with Crippen molar-refractivity contribution in [1.29, 1.82) is 0 Å². The lowest BCUT2D eigenvalue weighted by atomic mass is 9.87. The summed E-state index contributed by atoms with van der Waals surface area (Å²) in [5.74, 6) is -0.0808. The first-order valence-electron chi connectivity index (χ1n) is 13.4. The molecule has 0 saturated carbocycles. The minimum atomic E-state index is -0.383. The molecule has 206 valence electrons. The number of aryl methyl sites for hydroxylation is 1. The highest BCUT2D eigenvalue weighted by atomic mass is 32.2. The van der Waals surface area contributed by atoms with Crippen LogP contribution in [-0.4, -0.2) is 53.1 Å². The minimum Gasteiger partial charge on any atom is -0.376 e. The summed E-state index contributed by atoms with van der Waals surface area (Å²) in [6.07, 6.45) is 1.90. The second-order valence-corrected chi connectivity index (χ2v) is 12.3. The van der Waals surface area contributed by atoms with E-state index >= 15 is 0 Å². The maximum Gasteiger partial charge on any atom is 0.240 e. The van der Waals surface area contributed by atoms with Crippen LogP contribution in [0.5, 0.6) is 0 Å². The number of halogens is 1. The Bertz CT molecular complexity index is 1380. The first kappa shape index (κ1) is 27.4. The van der Waals surface area contributed by atoms with Crippen molar-refractivity contribution in [1.82, 2.24) is 15.1 Å². The molecule has 3 aromatic rings. The van der Waals surface area contributed by atoms with E-state index in [0.717, 1.165) is 40.9 Å². The average Bonchev–Trinajstić information content (AvgIpc) is 3.52. The molecular formula is C30H35FN4O3S. The Morgan fingerprint density at radius 3 is 2.69 bits per heavy atom. The standard InChI is InChI=1S/C30H35FN4O3S/c1-19-8-5-11-22(14-19)35-29-26(28(33-35)30(2,3)4)27(20-9-6-10-21(31)15-20)39-18-25(37)34(29)17-24(36)32-16-23-12-7-13-38-23/h5-6,8-11,14-15,23,27H,7,12-13,16-18H2,1-4H3,(H,32,36)/t23-,27+/m0/s1. The van der Waals surface area contributed by atoms with Gasteiger partial charge in [-0.2, -0.15) is 5.10 Å². The number of anilines is 1. The van der Waals surface area contributed by atoms with Crippen LogP contribution in [-0.2, 0) is 19.7 Å². The average molecular weight is 551 g/mol. The van der Waals surface area contributed by atoms with Crippen LogP contribution in [0.1, 0.15) is 61.2 Å². The highest BCUT2D eigenvalue weighted by Gasteiger charge is 2.40. The van der Waals surface area contributed by atoms with Crippen molar-refractivity contribution < 1.29 is 18.7 Å². The second kappa shape index (κ2) is 11.1. The lowest BCUT2D eigenvalue weighted by molar-refractivity contribution is -0.123. The lowest BCUT2D eigenvalue weighted by Gasteiger charge is -2.25. The van der Waals surface area contributed by atoms with Gasteiger partial charge in [-0.3, -0.25) is 14.5 Å². The van der Waals surface area contributed by atoms with E-state index < -0.39 is 0 Å². The van der Waals surface area contributed by atoms with Crippen molar-refractivity contribution in [3.05, 3.63) is 76.7 Å². The molecule has 0 unspecified atom stereocenters. The second-order valence-electron chi connectivity index (χ2n) is 11.3. The summed E-state index contributed by atoms with van der Waals surface area (Å²) in [6.45, 7) is 9.22. The van der Waals surface area contributed by atoms with Crippen molar-refractivity contribution in [3.8, 4) is 5.69 Å². The highest BCUT2D eigenvalue weighted by molar-refractivity contribution is 8.00. The number of fused-ring (bicyclic) bond motifs is 1. The molecule has 1 aromatic heterocycles. The molecule has 0 aliphatic carbocycles. The van der Waals surface area contributed by atoms with E-state index in [0.29, 0.717) is 19.0 Å². The van der Waals surface area contributed by atoms with Crippen LogP contribution in [0.3, 0.4) is 0 Å². The zero-order valence-corrected chi connectivity index (χ0v) is 23.7. The fourth-order valence-electron chi connectivity index (χ4n) is 5.18. The van der Waals surface area contributed by atoms with E-state index in [-0.39, 0.29) is 46.7 Å². The summed E-state index contributed by atoms with van der Waals surface area (Å²) in [5.41, 5.74) is 3.85. The fraction of sp³-hybridized carbons (Fsp3) is 0.433. The van der Waals surface area contributed by atoms with Gasteiger partial charge in [0.25, 0.3) is 0 Å². The van der Waals surface area contributed by atoms with Gasteiger partial charge in [0, 0.05) is 24.1 Å². The summed E-state index contributed by atoms with van der Waals surface area (Å²) >= 11 is 1.44. The van der Waals surface area contributed by atoms with Gasteiger partial charge in [0.1, 0.15) is 18.2 Å². The predicted octanol–water partition coefficient (Wildman–Crippen LogP) is 5.08. The molecule has 3 heterocycles. The number of carbonyl (C=O) groups is 2. The van der Waals surface area contributed by atoms with Crippen molar-refractivity contribution in [3.63, 3.8) is 0 Å². The molecule has 2 aromatic carbocycles. The third-order valence-electron chi connectivity index (χ3n) is 7.05. The molecule has 2 aliphatic rings. The molecular weight excluding hydrogens is 515 g/mol. The van der Waals surface area contributed by atoms with E-state index in [1.54, 1.807) is 15.6 Å². The number of thioether (sulfide) groups is 1. The minimum absolute atomic E-state index is 0.00238. The molecule has 2 aliphatic heterocycles. The van der Waals surface area contributed by atoms with Crippen LogP contribution < -0.4 is 10.2 Å². The summed E-state index contributed by atoms with van der Waals surface area (Å²) < 4.78 is 21.8. The van der Waals surface area contributed by atoms with Crippen molar-refractivity contribution in [2.24, 2.45) is 0 Å². The number of rotatable bonds is 6. The molecule has 1 fully saturated rings. The summed E-state index contributed by atoms with van der Waals surface area (Å²) in [5, 5.41) is 7.69. The molecule has 1 saturated heterocycles. The maximum absolute atomic E-state index is 14.4. The van der Waals surface area contributed by atoms with Gasteiger partial charge in [0.05, 0.1) is 28.5 Å². The third-order valence-corrected chi connectivity index (χ3v) is 8.30. The van der Waals surface area contributed by atoms with Gasteiger partial charge < -0.3 is 10.1 Å². The molecule has 0 bridgehead atoms. The third kappa shape index (κ3) is 5.89. The number of nitrogens with zero attached hydrogens (tertiary/aromatic N) is 3. The molecule has 1 N–H and O–H groups in total. The molecule has 2 amide bonds. The van der Waals surface area contributed by atoms with E-state index in [1.807, 2.05) is 37.3 Å². The van der Waals surface area contributed by atoms with E-state index in [4.69, 9.17) is 9.84 Å². The van der Waals surface area contributed by atoms with Crippen LogP contribution in [0.2, 0.25) is 0 Å². The normalized spacial score (nSPS) is 19.6. The first-order chi connectivity index (χ1) is 18.6. The highest BCUT2D eigenvalue weighted by Crippen LogP contribution is 2.48. The quantitative estimate of drug-likeness (QED) is 0.463. The van der Waals surface area contributed by atoms with E-state index in [9.17, 15) is 14.0 Å². The number of hydrogen-bond acceptors (Lipinski definition) is 5. The van der Waals surface area contributed by atoms with Gasteiger partial charge in [-0.25, -0.2) is 9.07 Å². The molecule has 2 atom stereocenters. The summed E-state index contributed by atoms with van der Waals surface area (Å²) in [6, 6.07) is 14.4. The Balaban J connectivity index is 1.65. The fourth-order valence-corrected chi connectivity index (χ4v) is 6.37. The van der Waals surface area contributed by atoms with E-state index in [2.05, 4.69) is 26.1 Å². The SMILES string of the molecule is Cc1cccc(-n2nc(C(C)(C)C)c3c2N(CC(=O)NC[C@@H]2CCCO2)C(=O)CS[C@@H]3c2cccc(F)c2)c1. The van der Waals surface area contributed by atoms with Crippen molar-refractivity contribution in [2.45, 2.75) is 57.3 Å². The molecule has 9 heteroatoms. The number of amides is 2. The van der Waals surface area contributed by atoms with Crippen LogP contribution in [0, 0.1) is 12.7 Å². The monoisotopic (exact) mass is 550 g/mol. The van der Waals surface area contributed by atoms with Crippen LogP contribution in [0.25, 0.3) is 5.69 Å². The number of ether oxygens (including phenoxy) is 1. The molecule has 7 nitrogen and oxygen atoms in total. The van der Waals surface area contributed by atoms with Crippen LogP contribution in [0.4, 0.5) is 10.2 Å². The van der Waals surface area contributed by atoms with Gasteiger partial charge in [0.15, 0.2) is 0 Å². The number of benzene rings is 2. The molecule has 0 spiro atoms. The molecule has 39 heavy (non-hydrogen) atoms. The largest absolute Gasteiger partial charge is 0.376 e. The van der Waals surface area contributed by atoms with Gasteiger partial charge in [-0.1, -0.05) is 45.0 Å². The summed E-state index contributed by atoms with van der Waals surface area (Å²) in [7, 11) is 0. The van der Waals surface area contributed by atoms with Gasteiger partial charge in [0.2, 0.25) is 11.8 Å². The van der Waals surface area contributed by atoms with Crippen LogP contribution in [0.15, 0.2) is 48.5 Å². The topological polar surface area (TPSA) is 76.5 Å². The Labute approximate surface area is 233 Å². The molecule has 5 rings (SSSR count). The Hall–Kier alpha value is -3.17. The van der Waals surface area contributed by atoms with Gasteiger partial charge in [-0.15, -0.1) is 11.8 Å². The first-order valence-corrected chi connectivity index (χ1v) is 14.4. The Morgan fingerprint density at radius 1 is 1.21 bits per heavy atom. The predicted molar refractivity (Wildman–Crippen MR) is 152 cm³/mol. The maximum atomic E-state index is 14.4. The summed E-state index contributed by atoms with van der Waals surface area (Å²) in [4.78, 5) is 28.5. The lowest BCUT2D eigenvalue weighted by Crippen LogP contribution is -2.44. The number of hydrogen-bond donors (Lipinski definition) is 1. The zero-order chi connectivity index (χ0) is 27.7. The number of carbonyl (C=O) groups excluding carboxylic acids is 2. The van der Waals surface area contributed by atoms with Crippen LogP contribution >= 0.6 is 11.8 Å². The smallest absolute Gasteiger partial charge is 0.240 e. The van der Waals surface area contributed by atoms with E-state index in [1.165, 1.54) is 23.9 Å². The zero-order valence-electron chi connectivity index (χ0n) is 22.9. The van der Waals surface area contributed by atoms with Gasteiger partial charge >= 0.3 is 0 Å². The Kier molecular flexibility index (Phi) is 7.82.